The second-order valence-electron chi connectivity index (χ2n) is 2.66. The van der Waals surface area contributed by atoms with Crippen molar-refractivity contribution in [2.24, 2.45) is 0 Å². The molecule has 0 spiro atoms. The summed E-state index contributed by atoms with van der Waals surface area (Å²) in [5.41, 5.74) is 12.5. The Morgan fingerprint density at radius 3 is 2.85 bits per heavy atom. The minimum absolute atomic E-state index is 0.381. The van der Waals surface area contributed by atoms with Crippen molar-refractivity contribution in [2.45, 2.75) is 6.42 Å². The van der Waals surface area contributed by atoms with E-state index in [4.69, 9.17) is 11.5 Å². The van der Waals surface area contributed by atoms with E-state index < -0.39 is 0 Å². The zero-order valence-electron chi connectivity index (χ0n) is 7.27. The van der Waals surface area contributed by atoms with Crippen LogP contribution in [0.2, 0.25) is 0 Å². The third-order valence-electron chi connectivity index (χ3n) is 1.58. The normalized spacial score (nSPS) is 10.8. The van der Waals surface area contributed by atoms with Crippen molar-refractivity contribution in [1.29, 1.82) is 0 Å². The number of aromatic nitrogens is 1. The number of allylic oxidation sites excluding steroid dienone is 1. The molecule has 4 heteroatoms. The highest BCUT2D eigenvalue weighted by Crippen LogP contribution is 2.13. The number of thiol groups is 1. The van der Waals surface area contributed by atoms with Gasteiger partial charge in [-0.25, -0.2) is 4.98 Å². The Kier molecular flexibility index (Phi) is 3.64. The molecule has 3 nitrogen and oxygen atoms in total. The Morgan fingerprint density at radius 1 is 1.46 bits per heavy atom. The standard InChI is InChI=1S/C9H13N3S/c10-8-5-7(3-1-2-4-13)6-12-9(8)11/h1,3,5-6,13H,2,4,10H2,(H2,11,12). The second-order valence-corrected chi connectivity index (χ2v) is 3.10. The van der Waals surface area contributed by atoms with Crippen LogP contribution in [0.25, 0.3) is 6.08 Å². The third-order valence-corrected chi connectivity index (χ3v) is 1.83. The number of hydrogen-bond donors (Lipinski definition) is 3. The van der Waals surface area contributed by atoms with E-state index in [0.29, 0.717) is 11.5 Å². The van der Waals surface area contributed by atoms with E-state index in [-0.39, 0.29) is 0 Å². The van der Waals surface area contributed by atoms with E-state index in [2.05, 4.69) is 17.6 Å². The molecule has 0 fully saturated rings. The van der Waals surface area contributed by atoms with Crippen LogP contribution in [0.5, 0.6) is 0 Å². The molecule has 0 saturated heterocycles. The van der Waals surface area contributed by atoms with Crippen molar-refractivity contribution < 1.29 is 0 Å². The molecule has 1 heterocycles. The fourth-order valence-corrected chi connectivity index (χ4v) is 1.04. The fourth-order valence-electron chi connectivity index (χ4n) is 0.894. The summed E-state index contributed by atoms with van der Waals surface area (Å²) < 4.78 is 0. The van der Waals surface area contributed by atoms with Gasteiger partial charge in [-0.1, -0.05) is 12.2 Å². The number of nitrogen functional groups attached to an aromatic ring is 2. The van der Waals surface area contributed by atoms with Crippen molar-refractivity contribution >= 4 is 30.2 Å². The Bertz CT molecular complexity index is 310. The van der Waals surface area contributed by atoms with Crippen LogP contribution in [0, 0.1) is 0 Å². The number of rotatable bonds is 3. The van der Waals surface area contributed by atoms with Crippen molar-refractivity contribution in [2.75, 3.05) is 17.2 Å². The number of nitrogens with zero attached hydrogens (tertiary/aromatic N) is 1. The first-order valence-corrected chi connectivity index (χ1v) is 4.65. The average molecular weight is 195 g/mol. The highest BCUT2D eigenvalue weighted by molar-refractivity contribution is 7.80. The zero-order valence-corrected chi connectivity index (χ0v) is 8.17. The number of pyridine rings is 1. The van der Waals surface area contributed by atoms with Crippen LogP contribution in [0.3, 0.4) is 0 Å². The number of anilines is 2. The lowest BCUT2D eigenvalue weighted by atomic mass is 10.2. The molecule has 1 aromatic heterocycles. The molecule has 0 saturated carbocycles. The molecule has 70 valence electrons. The molecular weight excluding hydrogens is 182 g/mol. The van der Waals surface area contributed by atoms with Gasteiger partial charge in [-0.05, 0) is 23.8 Å². The van der Waals surface area contributed by atoms with Crippen LogP contribution in [-0.4, -0.2) is 10.7 Å². The summed E-state index contributed by atoms with van der Waals surface area (Å²) in [5.74, 6) is 1.22. The summed E-state index contributed by atoms with van der Waals surface area (Å²) in [7, 11) is 0. The van der Waals surface area contributed by atoms with Gasteiger partial charge in [0.15, 0.2) is 0 Å². The van der Waals surface area contributed by atoms with Crippen LogP contribution in [0.1, 0.15) is 12.0 Å². The maximum Gasteiger partial charge on any atom is 0.146 e. The van der Waals surface area contributed by atoms with Gasteiger partial charge in [0.05, 0.1) is 5.69 Å². The van der Waals surface area contributed by atoms with Gasteiger partial charge in [-0.3, -0.25) is 0 Å². The molecule has 13 heavy (non-hydrogen) atoms. The van der Waals surface area contributed by atoms with E-state index in [1.807, 2.05) is 12.2 Å². The second kappa shape index (κ2) is 4.77. The van der Waals surface area contributed by atoms with E-state index in [9.17, 15) is 0 Å². The van der Waals surface area contributed by atoms with Crippen LogP contribution >= 0.6 is 12.6 Å². The monoisotopic (exact) mass is 195 g/mol. The Hall–Kier alpha value is -1.16. The lowest BCUT2D eigenvalue weighted by Crippen LogP contribution is -1.97. The van der Waals surface area contributed by atoms with Crippen molar-refractivity contribution in [3.8, 4) is 0 Å². The summed E-state index contributed by atoms with van der Waals surface area (Å²) in [4.78, 5) is 3.94. The lowest BCUT2D eigenvalue weighted by molar-refractivity contribution is 1.26. The van der Waals surface area contributed by atoms with Gasteiger partial charge in [-0.15, -0.1) is 0 Å². The zero-order chi connectivity index (χ0) is 9.68. The van der Waals surface area contributed by atoms with E-state index in [1.165, 1.54) is 0 Å². The molecule has 0 aliphatic rings. The van der Waals surface area contributed by atoms with Crippen molar-refractivity contribution in [3.63, 3.8) is 0 Å². The Morgan fingerprint density at radius 2 is 2.23 bits per heavy atom. The minimum Gasteiger partial charge on any atom is -0.396 e. The Balaban J connectivity index is 2.73. The molecule has 1 aromatic rings. The summed E-state index contributed by atoms with van der Waals surface area (Å²) >= 11 is 4.09. The average Bonchev–Trinajstić information content (AvgIpc) is 2.12. The van der Waals surface area contributed by atoms with Gasteiger partial charge < -0.3 is 11.5 Å². The van der Waals surface area contributed by atoms with Gasteiger partial charge in [0.1, 0.15) is 5.82 Å². The topological polar surface area (TPSA) is 64.9 Å². The molecular formula is C9H13N3S. The van der Waals surface area contributed by atoms with Crippen molar-refractivity contribution in [3.05, 3.63) is 23.9 Å². The van der Waals surface area contributed by atoms with Crippen LogP contribution in [0.4, 0.5) is 11.5 Å². The predicted octanol–water partition coefficient (Wildman–Crippen LogP) is 1.58. The number of nitrogens with two attached hydrogens (primary N) is 2. The minimum atomic E-state index is 0.381. The molecule has 0 amide bonds. The molecule has 0 bridgehead atoms. The fraction of sp³-hybridized carbons (Fsp3) is 0.222. The largest absolute Gasteiger partial charge is 0.396 e. The number of hydrogen-bond acceptors (Lipinski definition) is 4. The van der Waals surface area contributed by atoms with Gasteiger partial charge >= 0.3 is 0 Å². The quantitative estimate of drug-likeness (QED) is 0.641. The molecule has 0 unspecified atom stereocenters. The van der Waals surface area contributed by atoms with Gasteiger partial charge in [0.25, 0.3) is 0 Å². The Labute approximate surface area is 83.3 Å². The smallest absolute Gasteiger partial charge is 0.146 e. The van der Waals surface area contributed by atoms with E-state index in [0.717, 1.165) is 17.7 Å². The summed E-state index contributed by atoms with van der Waals surface area (Å²) in [6, 6.07) is 1.80. The summed E-state index contributed by atoms with van der Waals surface area (Å²) in [5, 5.41) is 0. The first-order chi connectivity index (χ1) is 6.24. The summed E-state index contributed by atoms with van der Waals surface area (Å²) in [6.07, 6.45) is 6.62. The first-order valence-electron chi connectivity index (χ1n) is 4.02. The highest BCUT2D eigenvalue weighted by Gasteiger charge is 1.94. The van der Waals surface area contributed by atoms with Crippen LogP contribution in [0.15, 0.2) is 18.3 Å². The molecule has 4 N–H and O–H groups in total. The SMILES string of the molecule is Nc1cc(C=CCCS)cnc1N. The molecule has 0 radical (unpaired) electrons. The summed E-state index contributed by atoms with van der Waals surface area (Å²) in [6.45, 7) is 0. The molecule has 0 aliphatic carbocycles. The molecule has 0 aliphatic heterocycles. The van der Waals surface area contributed by atoms with E-state index in [1.54, 1.807) is 12.3 Å². The maximum absolute atomic E-state index is 5.59. The van der Waals surface area contributed by atoms with E-state index >= 15 is 0 Å². The maximum atomic E-state index is 5.59. The molecule has 0 atom stereocenters. The first kappa shape index (κ1) is 9.92. The van der Waals surface area contributed by atoms with Crippen LogP contribution < -0.4 is 11.5 Å². The third kappa shape index (κ3) is 2.99. The highest BCUT2D eigenvalue weighted by atomic mass is 32.1. The van der Waals surface area contributed by atoms with Gasteiger partial charge in [-0.2, -0.15) is 12.6 Å². The van der Waals surface area contributed by atoms with Crippen LogP contribution in [-0.2, 0) is 0 Å². The van der Waals surface area contributed by atoms with Gasteiger partial charge in [0, 0.05) is 6.20 Å². The molecule has 0 aromatic carbocycles. The van der Waals surface area contributed by atoms with Gasteiger partial charge in [0.2, 0.25) is 0 Å². The molecule has 1 rings (SSSR count). The van der Waals surface area contributed by atoms with Crippen molar-refractivity contribution in [1.82, 2.24) is 4.98 Å². The lowest BCUT2D eigenvalue weighted by Gasteiger charge is -1.99. The predicted molar refractivity (Wildman–Crippen MR) is 60.6 cm³/mol.